The summed E-state index contributed by atoms with van der Waals surface area (Å²) in [5, 5.41) is 11.5. The summed E-state index contributed by atoms with van der Waals surface area (Å²) in [6.07, 6.45) is 0.609. The predicted octanol–water partition coefficient (Wildman–Crippen LogP) is 1.47. The maximum absolute atomic E-state index is 12.8. The Morgan fingerprint density at radius 2 is 1.79 bits per heavy atom. The first-order chi connectivity index (χ1) is 13.5. The molecule has 2 aromatic carbocycles. The third kappa shape index (κ3) is 6.63. The molecule has 0 bridgehead atoms. The van der Waals surface area contributed by atoms with Gasteiger partial charge in [-0.05, 0) is 49.6 Å². The van der Waals surface area contributed by atoms with Crippen LogP contribution in [0.5, 0.6) is 5.75 Å². The summed E-state index contributed by atoms with van der Waals surface area (Å²) in [6, 6.07) is 14.2. The van der Waals surface area contributed by atoms with Crippen molar-refractivity contribution in [1.82, 2.24) is 10.0 Å². The quantitative estimate of drug-likeness (QED) is 0.490. The van der Waals surface area contributed by atoms with Crippen LogP contribution < -0.4 is 14.8 Å². The molecule has 0 spiro atoms. The van der Waals surface area contributed by atoms with Gasteiger partial charge in [0.2, 0.25) is 15.9 Å². The van der Waals surface area contributed by atoms with E-state index in [1.54, 1.807) is 12.1 Å². The van der Waals surface area contributed by atoms with Gasteiger partial charge in [0.25, 0.3) is 0 Å². The van der Waals surface area contributed by atoms with E-state index in [2.05, 4.69) is 10.0 Å². The molecular weight excluding hydrogens is 380 g/mol. The van der Waals surface area contributed by atoms with Crippen LogP contribution in [0.1, 0.15) is 18.9 Å². The number of sulfonamides is 1. The van der Waals surface area contributed by atoms with E-state index in [9.17, 15) is 13.2 Å². The van der Waals surface area contributed by atoms with Gasteiger partial charge in [-0.15, -0.1) is 0 Å². The van der Waals surface area contributed by atoms with Gasteiger partial charge in [-0.1, -0.05) is 30.3 Å². The van der Waals surface area contributed by atoms with Crippen molar-refractivity contribution in [2.24, 2.45) is 0 Å². The predicted molar refractivity (Wildman–Crippen MR) is 107 cm³/mol. The molecule has 2 aromatic rings. The van der Waals surface area contributed by atoms with E-state index in [0.29, 0.717) is 18.8 Å². The van der Waals surface area contributed by atoms with Crippen molar-refractivity contribution >= 4 is 15.9 Å². The number of amides is 1. The molecule has 1 atom stereocenters. The fraction of sp³-hybridized carbons (Fsp3) is 0.350. The van der Waals surface area contributed by atoms with Crippen LogP contribution in [0.4, 0.5) is 0 Å². The zero-order chi connectivity index (χ0) is 20.4. The van der Waals surface area contributed by atoms with Gasteiger partial charge in [-0.2, -0.15) is 4.72 Å². The lowest BCUT2D eigenvalue weighted by atomic mass is 10.1. The Kier molecular flexibility index (Phi) is 8.43. The van der Waals surface area contributed by atoms with Crippen LogP contribution in [-0.2, 0) is 21.2 Å². The highest BCUT2D eigenvalue weighted by atomic mass is 32.2. The summed E-state index contributed by atoms with van der Waals surface area (Å²) < 4.78 is 33.3. The number of carbonyl (C=O) groups is 1. The third-order valence-electron chi connectivity index (χ3n) is 3.98. The second kappa shape index (κ2) is 10.8. The SMILES string of the molecule is CCOc1ccc(S(=O)(=O)N[C@H](Cc2ccccc2)C(=O)NCCCO)cc1. The number of nitrogens with one attached hydrogen (secondary N) is 2. The second-order valence-electron chi connectivity index (χ2n) is 6.14. The van der Waals surface area contributed by atoms with Crippen molar-refractivity contribution in [1.29, 1.82) is 0 Å². The number of carbonyl (C=O) groups excluding carboxylic acids is 1. The maximum Gasteiger partial charge on any atom is 0.241 e. The fourth-order valence-electron chi connectivity index (χ4n) is 2.59. The van der Waals surface area contributed by atoms with Crippen molar-refractivity contribution in [2.45, 2.75) is 30.7 Å². The summed E-state index contributed by atoms with van der Waals surface area (Å²) in [7, 11) is -3.90. The Hall–Kier alpha value is -2.42. The molecule has 0 fully saturated rings. The van der Waals surface area contributed by atoms with Crippen LogP contribution in [-0.4, -0.2) is 45.2 Å². The molecule has 0 heterocycles. The van der Waals surface area contributed by atoms with Crippen molar-refractivity contribution in [3.8, 4) is 5.75 Å². The molecule has 152 valence electrons. The summed E-state index contributed by atoms with van der Waals surface area (Å²) in [5.74, 6) is 0.135. The molecule has 0 aliphatic rings. The van der Waals surface area contributed by atoms with Crippen LogP contribution in [0.15, 0.2) is 59.5 Å². The Labute approximate surface area is 165 Å². The lowest BCUT2D eigenvalue weighted by molar-refractivity contribution is -0.122. The summed E-state index contributed by atoms with van der Waals surface area (Å²) in [6.45, 7) is 2.54. The number of hydrogen-bond acceptors (Lipinski definition) is 5. The topological polar surface area (TPSA) is 105 Å². The van der Waals surface area contributed by atoms with Gasteiger partial charge in [-0.3, -0.25) is 4.79 Å². The average Bonchev–Trinajstić information content (AvgIpc) is 2.69. The Bertz CT molecular complexity index is 839. The molecule has 0 aliphatic carbocycles. The number of benzene rings is 2. The van der Waals surface area contributed by atoms with E-state index >= 15 is 0 Å². The monoisotopic (exact) mass is 406 g/mol. The fourth-order valence-corrected chi connectivity index (χ4v) is 3.78. The molecule has 0 aromatic heterocycles. The van der Waals surface area contributed by atoms with E-state index in [4.69, 9.17) is 9.84 Å². The zero-order valence-electron chi connectivity index (χ0n) is 15.8. The number of ether oxygens (including phenoxy) is 1. The van der Waals surface area contributed by atoms with E-state index in [1.807, 2.05) is 37.3 Å². The van der Waals surface area contributed by atoms with Gasteiger partial charge < -0.3 is 15.2 Å². The Balaban J connectivity index is 2.17. The van der Waals surface area contributed by atoms with Crippen molar-refractivity contribution in [3.05, 3.63) is 60.2 Å². The van der Waals surface area contributed by atoms with Gasteiger partial charge in [0.15, 0.2) is 0 Å². The largest absolute Gasteiger partial charge is 0.494 e. The van der Waals surface area contributed by atoms with E-state index < -0.39 is 22.0 Å². The van der Waals surface area contributed by atoms with Crippen LogP contribution in [0, 0.1) is 0 Å². The van der Waals surface area contributed by atoms with E-state index in [0.717, 1.165) is 5.56 Å². The lowest BCUT2D eigenvalue weighted by Crippen LogP contribution is -2.48. The first kappa shape index (κ1) is 21.9. The minimum absolute atomic E-state index is 0.0529. The van der Waals surface area contributed by atoms with Crippen LogP contribution in [0.25, 0.3) is 0 Å². The van der Waals surface area contributed by atoms with Crippen LogP contribution in [0.3, 0.4) is 0 Å². The number of aliphatic hydroxyl groups excluding tert-OH is 1. The number of aliphatic hydroxyl groups is 1. The smallest absolute Gasteiger partial charge is 0.241 e. The van der Waals surface area contributed by atoms with Gasteiger partial charge in [-0.25, -0.2) is 8.42 Å². The third-order valence-corrected chi connectivity index (χ3v) is 5.46. The number of hydrogen-bond donors (Lipinski definition) is 3. The Morgan fingerprint density at radius 1 is 1.11 bits per heavy atom. The molecule has 0 saturated heterocycles. The molecular formula is C20H26N2O5S. The summed E-state index contributed by atoms with van der Waals surface area (Å²) in [4.78, 5) is 12.6. The highest BCUT2D eigenvalue weighted by Crippen LogP contribution is 2.17. The highest BCUT2D eigenvalue weighted by molar-refractivity contribution is 7.89. The molecule has 0 aliphatic heterocycles. The standard InChI is InChI=1S/C20H26N2O5S/c1-2-27-17-9-11-18(12-10-17)28(25,26)22-19(20(24)21-13-6-14-23)15-16-7-4-3-5-8-16/h3-5,7-12,19,22-23H,2,6,13-15H2,1H3,(H,21,24)/t19-/m1/s1. The summed E-state index contributed by atoms with van der Waals surface area (Å²) in [5.41, 5.74) is 0.833. The molecule has 1 amide bonds. The maximum atomic E-state index is 12.8. The molecule has 8 heteroatoms. The zero-order valence-corrected chi connectivity index (χ0v) is 16.6. The minimum Gasteiger partial charge on any atom is -0.494 e. The molecule has 3 N–H and O–H groups in total. The second-order valence-corrected chi connectivity index (χ2v) is 7.85. The summed E-state index contributed by atoms with van der Waals surface area (Å²) >= 11 is 0. The van der Waals surface area contributed by atoms with Gasteiger partial charge in [0.05, 0.1) is 11.5 Å². The van der Waals surface area contributed by atoms with Crippen LogP contribution >= 0.6 is 0 Å². The highest BCUT2D eigenvalue weighted by Gasteiger charge is 2.26. The van der Waals surface area contributed by atoms with Gasteiger partial charge in [0.1, 0.15) is 11.8 Å². The van der Waals surface area contributed by atoms with Crippen molar-refractivity contribution in [2.75, 3.05) is 19.8 Å². The molecule has 0 unspecified atom stereocenters. The normalized spacial score (nSPS) is 12.4. The minimum atomic E-state index is -3.90. The van der Waals surface area contributed by atoms with E-state index in [1.165, 1.54) is 12.1 Å². The number of rotatable bonds is 11. The lowest BCUT2D eigenvalue weighted by Gasteiger charge is -2.19. The van der Waals surface area contributed by atoms with E-state index in [-0.39, 0.29) is 24.5 Å². The first-order valence-electron chi connectivity index (χ1n) is 9.14. The molecule has 0 saturated carbocycles. The van der Waals surface area contributed by atoms with Crippen molar-refractivity contribution in [3.63, 3.8) is 0 Å². The molecule has 7 nitrogen and oxygen atoms in total. The molecule has 0 radical (unpaired) electrons. The van der Waals surface area contributed by atoms with Gasteiger partial charge >= 0.3 is 0 Å². The van der Waals surface area contributed by atoms with Crippen LogP contribution in [0.2, 0.25) is 0 Å². The molecule has 2 rings (SSSR count). The van der Waals surface area contributed by atoms with Gasteiger partial charge in [0, 0.05) is 13.2 Å². The van der Waals surface area contributed by atoms with Crippen molar-refractivity contribution < 1.29 is 23.1 Å². The molecule has 28 heavy (non-hydrogen) atoms. The Morgan fingerprint density at radius 3 is 2.39 bits per heavy atom. The first-order valence-corrected chi connectivity index (χ1v) is 10.6. The average molecular weight is 407 g/mol.